The van der Waals surface area contributed by atoms with Gasteiger partial charge in [-0.1, -0.05) is 45.7 Å². The fourth-order valence-electron chi connectivity index (χ4n) is 2.28. The third-order valence-electron chi connectivity index (χ3n) is 3.47. The average molecular weight is 357 g/mol. The number of hydrogen-bond acceptors (Lipinski definition) is 1. The van der Waals surface area contributed by atoms with E-state index < -0.39 is 0 Å². The normalized spacial score (nSPS) is 12.4. The van der Waals surface area contributed by atoms with E-state index in [1.54, 1.807) is 6.07 Å². The number of likely N-dealkylation sites (N-methyl/N-ethyl adjacent to an activating group) is 1. The van der Waals surface area contributed by atoms with Crippen LogP contribution in [0.2, 0.25) is 5.02 Å². The van der Waals surface area contributed by atoms with Gasteiger partial charge in [-0.15, -0.1) is 0 Å². The van der Waals surface area contributed by atoms with E-state index in [2.05, 4.69) is 34.2 Å². The lowest BCUT2D eigenvalue weighted by atomic mass is 9.95. The first-order valence-corrected chi connectivity index (χ1v) is 7.56. The van der Waals surface area contributed by atoms with Gasteiger partial charge in [0.25, 0.3) is 0 Å². The van der Waals surface area contributed by atoms with Crippen molar-refractivity contribution >= 4 is 27.5 Å². The fraction of sp³-hybridized carbons (Fsp3) is 0.250. The molecule has 0 amide bonds. The van der Waals surface area contributed by atoms with Crippen LogP contribution < -0.4 is 5.32 Å². The summed E-state index contributed by atoms with van der Waals surface area (Å²) in [5.74, 6) is -0.307. The molecular formula is C16H16BrClFN. The summed E-state index contributed by atoms with van der Waals surface area (Å²) in [6.45, 7) is 2.08. The third kappa shape index (κ3) is 3.40. The van der Waals surface area contributed by atoms with E-state index in [9.17, 15) is 4.39 Å². The largest absolute Gasteiger partial charge is 0.313 e. The number of benzene rings is 2. The second-order valence-corrected chi connectivity index (χ2v) is 6.00. The summed E-state index contributed by atoms with van der Waals surface area (Å²) in [5, 5.41) is 3.77. The summed E-state index contributed by atoms with van der Waals surface area (Å²) in [6, 6.07) is 10.8. The highest BCUT2D eigenvalue weighted by atomic mass is 79.9. The summed E-state index contributed by atoms with van der Waals surface area (Å²) >= 11 is 9.66. The maximum atomic E-state index is 13.1. The predicted octanol–water partition coefficient (Wildman–Crippen LogP) is 5.05. The van der Waals surface area contributed by atoms with Crippen LogP contribution in [-0.2, 0) is 6.42 Å². The van der Waals surface area contributed by atoms with Gasteiger partial charge < -0.3 is 5.32 Å². The van der Waals surface area contributed by atoms with Crippen molar-refractivity contribution in [3.63, 3.8) is 0 Å². The topological polar surface area (TPSA) is 12.0 Å². The first-order chi connectivity index (χ1) is 9.52. The zero-order valence-electron chi connectivity index (χ0n) is 11.4. The summed E-state index contributed by atoms with van der Waals surface area (Å²) in [4.78, 5) is 0. The SMILES string of the molecule is CNC(Cc1ccc(F)cc1Cl)c1cccc(Br)c1C. The van der Waals surface area contributed by atoms with Crippen LogP contribution in [0.1, 0.15) is 22.7 Å². The van der Waals surface area contributed by atoms with Crippen LogP contribution in [0.25, 0.3) is 0 Å². The van der Waals surface area contributed by atoms with Crippen LogP contribution >= 0.6 is 27.5 Å². The minimum absolute atomic E-state index is 0.135. The molecule has 0 aliphatic heterocycles. The zero-order valence-corrected chi connectivity index (χ0v) is 13.7. The predicted molar refractivity (Wildman–Crippen MR) is 85.8 cm³/mol. The second-order valence-electron chi connectivity index (χ2n) is 4.74. The molecule has 0 spiro atoms. The van der Waals surface area contributed by atoms with E-state index in [1.165, 1.54) is 23.3 Å². The lowest BCUT2D eigenvalue weighted by molar-refractivity contribution is 0.586. The molecule has 4 heteroatoms. The van der Waals surface area contributed by atoms with E-state index in [4.69, 9.17) is 11.6 Å². The maximum absolute atomic E-state index is 13.1. The van der Waals surface area contributed by atoms with Crippen LogP contribution in [0.4, 0.5) is 4.39 Å². The van der Waals surface area contributed by atoms with Gasteiger partial charge >= 0.3 is 0 Å². The number of halogens is 3. The van der Waals surface area contributed by atoms with Crippen molar-refractivity contribution in [3.8, 4) is 0 Å². The summed E-state index contributed by atoms with van der Waals surface area (Å²) in [7, 11) is 1.92. The van der Waals surface area contributed by atoms with E-state index >= 15 is 0 Å². The average Bonchev–Trinajstić information content (AvgIpc) is 2.42. The molecule has 1 unspecified atom stereocenters. The van der Waals surface area contributed by atoms with Crippen molar-refractivity contribution in [3.05, 3.63) is 68.4 Å². The van der Waals surface area contributed by atoms with Gasteiger partial charge in [0, 0.05) is 15.5 Å². The summed E-state index contributed by atoms with van der Waals surface area (Å²) in [6.07, 6.45) is 0.715. The smallest absolute Gasteiger partial charge is 0.124 e. The van der Waals surface area contributed by atoms with Gasteiger partial charge in [0.15, 0.2) is 0 Å². The van der Waals surface area contributed by atoms with Gasteiger partial charge in [0.1, 0.15) is 5.82 Å². The van der Waals surface area contributed by atoms with Gasteiger partial charge in [-0.25, -0.2) is 4.39 Å². The van der Waals surface area contributed by atoms with Gasteiger partial charge in [0.05, 0.1) is 0 Å². The summed E-state index contributed by atoms with van der Waals surface area (Å²) < 4.78 is 14.2. The van der Waals surface area contributed by atoms with Crippen LogP contribution in [0.15, 0.2) is 40.9 Å². The Morgan fingerprint density at radius 2 is 2.05 bits per heavy atom. The molecule has 20 heavy (non-hydrogen) atoms. The van der Waals surface area contributed by atoms with E-state index in [-0.39, 0.29) is 11.9 Å². The highest BCUT2D eigenvalue weighted by Gasteiger charge is 2.15. The van der Waals surface area contributed by atoms with Crippen molar-refractivity contribution in [2.24, 2.45) is 0 Å². The molecular weight excluding hydrogens is 341 g/mol. The molecule has 106 valence electrons. The Labute approximate surface area is 132 Å². The van der Waals surface area contributed by atoms with Crippen LogP contribution in [0.5, 0.6) is 0 Å². The van der Waals surface area contributed by atoms with Crippen LogP contribution in [0, 0.1) is 12.7 Å². The van der Waals surface area contributed by atoms with Crippen molar-refractivity contribution in [1.82, 2.24) is 5.32 Å². The molecule has 0 aromatic heterocycles. The highest BCUT2D eigenvalue weighted by Crippen LogP contribution is 2.29. The molecule has 0 saturated heterocycles. The second kappa shape index (κ2) is 6.70. The minimum atomic E-state index is -0.307. The molecule has 2 aromatic rings. The molecule has 0 aliphatic rings. The molecule has 0 saturated carbocycles. The van der Waals surface area contributed by atoms with Crippen molar-refractivity contribution in [2.75, 3.05) is 7.05 Å². The summed E-state index contributed by atoms with van der Waals surface area (Å²) in [5.41, 5.74) is 3.35. The Hall–Kier alpha value is -0.900. The van der Waals surface area contributed by atoms with Crippen LogP contribution in [-0.4, -0.2) is 7.05 Å². The Kier molecular flexibility index (Phi) is 5.19. The molecule has 2 aromatic carbocycles. The van der Waals surface area contributed by atoms with Gasteiger partial charge in [-0.2, -0.15) is 0 Å². The quantitative estimate of drug-likeness (QED) is 0.808. The molecule has 1 N–H and O–H groups in total. The minimum Gasteiger partial charge on any atom is -0.313 e. The lowest BCUT2D eigenvalue weighted by Crippen LogP contribution is -2.20. The fourth-order valence-corrected chi connectivity index (χ4v) is 2.90. The first-order valence-electron chi connectivity index (χ1n) is 6.39. The van der Waals surface area contributed by atoms with E-state index in [0.29, 0.717) is 11.4 Å². The monoisotopic (exact) mass is 355 g/mol. The van der Waals surface area contributed by atoms with Gasteiger partial charge in [-0.05, 0) is 55.3 Å². The standard InChI is InChI=1S/C16H16BrClFN/c1-10-13(4-3-5-14(10)17)16(20-2)8-11-6-7-12(19)9-15(11)18/h3-7,9,16,20H,8H2,1-2H3. The molecule has 0 radical (unpaired) electrons. The Bertz CT molecular complexity index is 615. The van der Waals surface area contributed by atoms with E-state index in [0.717, 1.165) is 10.0 Å². The van der Waals surface area contributed by atoms with E-state index in [1.807, 2.05) is 19.2 Å². The molecule has 1 nitrogen and oxygen atoms in total. The Morgan fingerprint density at radius 1 is 1.30 bits per heavy atom. The zero-order chi connectivity index (χ0) is 14.7. The molecule has 0 aliphatic carbocycles. The Balaban J connectivity index is 2.31. The van der Waals surface area contributed by atoms with Crippen molar-refractivity contribution in [2.45, 2.75) is 19.4 Å². The highest BCUT2D eigenvalue weighted by molar-refractivity contribution is 9.10. The molecule has 0 bridgehead atoms. The first kappa shape index (κ1) is 15.5. The van der Waals surface area contributed by atoms with Gasteiger partial charge in [0.2, 0.25) is 0 Å². The molecule has 0 heterocycles. The molecule has 2 rings (SSSR count). The van der Waals surface area contributed by atoms with Gasteiger partial charge in [-0.3, -0.25) is 0 Å². The lowest BCUT2D eigenvalue weighted by Gasteiger charge is -2.20. The third-order valence-corrected chi connectivity index (χ3v) is 4.68. The number of rotatable bonds is 4. The maximum Gasteiger partial charge on any atom is 0.124 e. The number of nitrogens with one attached hydrogen (secondary N) is 1. The van der Waals surface area contributed by atoms with Crippen LogP contribution in [0.3, 0.4) is 0 Å². The molecule has 1 atom stereocenters. The Morgan fingerprint density at radius 3 is 2.70 bits per heavy atom. The van der Waals surface area contributed by atoms with Crippen molar-refractivity contribution < 1.29 is 4.39 Å². The molecule has 0 fully saturated rings. The number of hydrogen-bond donors (Lipinski definition) is 1. The van der Waals surface area contributed by atoms with Crippen molar-refractivity contribution in [1.29, 1.82) is 0 Å².